The van der Waals surface area contributed by atoms with Gasteiger partial charge in [0.25, 0.3) is 0 Å². The first-order valence-electron chi connectivity index (χ1n) is 45.7. The van der Waals surface area contributed by atoms with E-state index in [0.29, 0.717) is 60.4 Å². The van der Waals surface area contributed by atoms with E-state index in [-0.39, 0.29) is 0 Å². The van der Waals surface area contributed by atoms with Gasteiger partial charge in [-0.3, -0.25) is 0 Å². The SMILES string of the molecule is CC(C)CC(C)Nc1ccc(Nc2ccccc2)cc1.CC(C)CCC(C)Nc1ccc(NC(C)CCC(C)C)cc1.CC(C)CCC(C)Nc1ccc(NC(C)CCC(C)C)cc1.CC(C)CCC(C)Nc1ccc(Nc2ccccc2)cc1.CCC(C)Nc1ccc(NC(C)CC)cc1.CCC(C)Nc1ccccc1NC(C)CC. The lowest BCUT2D eigenvalue weighted by atomic mass is 10.0. The lowest BCUT2D eigenvalue weighted by Crippen LogP contribution is -2.18. The standard InChI is InChI=1S/2C20H36N2.C19H26N2.C18H24N2.2C14H24N2/c2*1-15(2)7-9-17(5)21-19-11-13-20(14-12-19)22-18(6)10-8-16(3)4;1-15(2)9-10-16(3)20-18-11-13-19(14-12-18)21-17-7-5-4-6-8-17;1-14(2)13-15(3)19-17-9-11-18(12-10-17)20-16-7-5-4-6-8-16;1-5-11(3)15-13-7-9-14(10-8-13)16-12(4)6-2;1-5-11(3)15-13-9-7-8-10-14(13)16-12(4)6-2/h2*11-18,21-22H,7-10H2,1-6H3;4-8,11-16,20-21H,9-10H2,1-3H3;4-12,14-15,19-20H,13H2,1-3H3;2*7-12,15-16H,5-6H2,1-4H3. The molecule has 0 amide bonds. The van der Waals surface area contributed by atoms with Crippen LogP contribution < -0.4 is 63.8 Å². The van der Waals surface area contributed by atoms with Gasteiger partial charge in [-0.15, -0.1) is 0 Å². The average Bonchev–Trinajstić information content (AvgIpc) is 0.889. The fourth-order valence-electron chi connectivity index (χ4n) is 12.7. The van der Waals surface area contributed by atoms with E-state index in [1.165, 1.54) is 128 Å². The molecule has 12 N–H and O–H groups in total. The number of rotatable bonds is 45. The minimum absolute atomic E-state index is 0.503. The van der Waals surface area contributed by atoms with Crippen LogP contribution in [0.25, 0.3) is 0 Å². The Bertz CT molecular complexity index is 3440. The molecule has 12 heteroatoms. The van der Waals surface area contributed by atoms with Crippen LogP contribution in [-0.2, 0) is 0 Å². The molecule has 0 aliphatic heterocycles. The van der Waals surface area contributed by atoms with Crippen molar-refractivity contribution in [3.05, 3.63) is 206 Å². The number of benzene rings is 8. The summed E-state index contributed by atoms with van der Waals surface area (Å²) in [6, 6.07) is 77.1. The maximum Gasteiger partial charge on any atom is 0.0578 e. The van der Waals surface area contributed by atoms with Crippen LogP contribution in [0.4, 0.5) is 79.6 Å². The fraction of sp³-hybridized carbons (Fsp3) is 0.543. The number of hydrogen-bond donors (Lipinski definition) is 12. The second kappa shape index (κ2) is 59.9. The van der Waals surface area contributed by atoms with E-state index in [9.17, 15) is 0 Å². The molecular formula is C105H170N12. The van der Waals surface area contributed by atoms with Gasteiger partial charge in [0.05, 0.1) is 11.4 Å². The van der Waals surface area contributed by atoms with E-state index in [4.69, 9.17) is 0 Å². The van der Waals surface area contributed by atoms with Gasteiger partial charge in [-0.2, -0.15) is 0 Å². The van der Waals surface area contributed by atoms with E-state index in [1.54, 1.807) is 0 Å². The Morgan fingerprint density at radius 3 is 0.530 bits per heavy atom. The van der Waals surface area contributed by atoms with Crippen molar-refractivity contribution in [3.8, 4) is 0 Å². The third-order valence-corrected chi connectivity index (χ3v) is 20.7. The summed E-state index contributed by atoms with van der Waals surface area (Å²) in [5.74, 6) is 4.61. The van der Waals surface area contributed by atoms with Crippen LogP contribution >= 0.6 is 0 Å². The van der Waals surface area contributed by atoms with Gasteiger partial charge in [0.1, 0.15) is 0 Å². The first-order valence-corrected chi connectivity index (χ1v) is 45.7. The minimum atomic E-state index is 0.503. The molecule has 8 aromatic rings. The lowest BCUT2D eigenvalue weighted by molar-refractivity contribution is 0.527. The molecular weight excluding hydrogens is 1430 g/mol. The zero-order chi connectivity index (χ0) is 86.5. The summed E-state index contributed by atoms with van der Waals surface area (Å²) in [5.41, 5.74) is 16.5. The molecule has 0 spiro atoms. The molecule has 0 heterocycles. The lowest BCUT2D eigenvalue weighted by Gasteiger charge is -2.20. The summed E-state index contributed by atoms with van der Waals surface area (Å²) >= 11 is 0. The van der Waals surface area contributed by atoms with Crippen molar-refractivity contribution in [2.24, 2.45) is 35.5 Å². The second-order valence-electron chi connectivity index (χ2n) is 36.0. The Morgan fingerprint density at radius 2 is 0.333 bits per heavy atom. The van der Waals surface area contributed by atoms with E-state index < -0.39 is 0 Å². The number of nitrogens with one attached hydrogen (secondary N) is 12. The van der Waals surface area contributed by atoms with Gasteiger partial charge in [0, 0.05) is 129 Å². The van der Waals surface area contributed by atoms with Crippen LogP contribution in [-0.4, -0.2) is 60.4 Å². The molecule has 0 radical (unpaired) electrons. The largest absolute Gasteiger partial charge is 0.383 e. The normalized spacial score (nSPS) is 13.5. The highest BCUT2D eigenvalue weighted by Gasteiger charge is 2.13. The van der Waals surface area contributed by atoms with Crippen molar-refractivity contribution in [1.82, 2.24) is 0 Å². The zero-order valence-corrected chi connectivity index (χ0v) is 78.5. The molecule has 0 bridgehead atoms. The van der Waals surface area contributed by atoms with Gasteiger partial charge in [-0.05, 0) is 359 Å². The summed E-state index contributed by atoms with van der Waals surface area (Å²) < 4.78 is 0. The van der Waals surface area contributed by atoms with Crippen LogP contribution in [0.3, 0.4) is 0 Å². The number of para-hydroxylation sites is 4. The molecule has 117 heavy (non-hydrogen) atoms. The van der Waals surface area contributed by atoms with Gasteiger partial charge >= 0.3 is 0 Å². The van der Waals surface area contributed by atoms with Crippen molar-refractivity contribution < 1.29 is 0 Å². The molecule has 12 nitrogen and oxygen atoms in total. The smallest absolute Gasteiger partial charge is 0.0578 e. The average molecular weight is 1600 g/mol. The van der Waals surface area contributed by atoms with E-state index in [2.05, 4.69) is 414 Å². The highest BCUT2D eigenvalue weighted by Crippen LogP contribution is 2.27. The summed E-state index contributed by atoms with van der Waals surface area (Å²) in [4.78, 5) is 0. The molecule has 10 unspecified atom stereocenters. The van der Waals surface area contributed by atoms with Crippen LogP contribution in [0.1, 0.15) is 276 Å². The fourth-order valence-corrected chi connectivity index (χ4v) is 12.7. The van der Waals surface area contributed by atoms with Crippen LogP contribution in [0.15, 0.2) is 206 Å². The summed E-state index contributed by atoms with van der Waals surface area (Å²) in [6.07, 6.45) is 18.2. The van der Waals surface area contributed by atoms with Gasteiger partial charge in [0.15, 0.2) is 0 Å². The Balaban J connectivity index is 0.000000365. The maximum atomic E-state index is 3.59. The first kappa shape index (κ1) is 103. The van der Waals surface area contributed by atoms with Gasteiger partial charge < -0.3 is 63.8 Å². The Kier molecular flexibility index (Phi) is 52.5. The molecule has 0 saturated heterocycles. The highest BCUT2D eigenvalue weighted by atomic mass is 15.0. The maximum absolute atomic E-state index is 3.59. The van der Waals surface area contributed by atoms with E-state index in [0.717, 1.165) is 83.9 Å². The third-order valence-electron chi connectivity index (χ3n) is 20.7. The predicted octanol–water partition coefficient (Wildman–Crippen LogP) is 31.5. The quantitative estimate of drug-likeness (QED) is 0.0177. The van der Waals surface area contributed by atoms with Crippen LogP contribution in [0.2, 0.25) is 0 Å². The molecule has 10 atom stereocenters. The van der Waals surface area contributed by atoms with Gasteiger partial charge in [0.2, 0.25) is 0 Å². The molecule has 8 rings (SSSR count). The zero-order valence-electron chi connectivity index (χ0n) is 78.5. The second-order valence-corrected chi connectivity index (χ2v) is 36.0. The third kappa shape index (κ3) is 50.7. The van der Waals surface area contributed by atoms with Gasteiger partial charge in [-0.25, -0.2) is 0 Å². The highest BCUT2D eigenvalue weighted by molar-refractivity contribution is 5.69. The number of anilines is 14. The van der Waals surface area contributed by atoms with Crippen molar-refractivity contribution >= 4 is 79.6 Å². The molecule has 8 aromatic carbocycles. The summed E-state index contributed by atoms with van der Waals surface area (Å²) in [6.45, 7) is 58.5. The van der Waals surface area contributed by atoms with Crippen LogP contribution in [0.5, 0.6) is 0 Å². The van der Waals surface area contributed by atoms with Crippen molar-refractivity contribution in [2.45, 2.75) is 337 Å². The molecule has 0 fully saturated rings. The first-order chi connectivity index (χ1) is 55.8. The molecule has 0 aliphatic carbocycles. The molecule has 650 valence electrons. The van der Waals surface area contributed by atoms with Crippen molar-refractivity contribution in [1.29, 1.82) is 0 Å². The van der Waals surface area contributed by atoms with Crippen LogP contribution in [0, 0.1) is 35.5 Å². The predicted molar refractivity (Wildman–Crippen MR) is 530 cm³/mol. The molecule has 0 saturated carbocycles. The molecule has 0 aliphatic rings. The van der Waals surface area contributed by atoms with E-state index in [1.807, 2.05) is 36.4 Å². The van der Waals surface area contributed by atoms with Crippen molar-refractivity contribution in [2.75, 3.05) is 63.8 Å². The Morgan fingerprint density at radius 1 is 0.162 bits per heavy atom. The van der Waals surface area contributed by atoms with Crippen molar-refractivity contribution in [3.63, 3.8) is 0 Å². The summed E-state index contributed by atoms with van der Waals surface area (Å²) in [5, 5.41) is 42.2. The minimum Gasteiger partial charge on any atom is -0.383 e. The topological polar surface area (TPSA) is 144 Å². The van der Waals surface area contributed by atoms with E-state index >= 15 is 0 Å². The Hall–Kier alpha value is -8.64. The molecule has 0 aromatic heterocycles. The summed E-state index contributed by atoms with van der Waals surface area (Å²) in [7, 11) is 0. The monoisotopic (exact) mass is 1600 g/mol. The number of hydrogen-bond acceptors (Lipinski definition) is 12. The van der Waals surface area contributed by atoms with Gasteiger partial charge in [-0.1, -0.05) is 159 Å². The Labute approximate surface area is 717 Å².